The van der Waals surface area contributed by atoms with Crippen LogP contribution in [0, 0.1) is 5.92 Å². The third kappa shape index (κ3) is 3.62. The summed E-state index contributed by atoms with van der Waals surface area (Å²) in [4.78, 5) is 2.59. The monoisotopic (exact) mass is 244 g/mol. The lowest BCUT2D eigenvalue weighted by Gasteiger charge is -2.45. The fourth-order valence-corrected chi connectivity index (χ4v) is 3.58. The third-order valence-electron chi connectivity index (χ3n) is 3.76. The molecule has 3 heterocycles. The normalized spacial score (nSPS) is 33.2. The van der Waals surface area contributed by atoms with E-state index in [1.54, 1.807) is 0 Å². The molecule has 0 spiro atoms. The van der Waals surface area contributed by atoms with Crippen LogP contribution in [-0.4, -0.2) is 60.3 Å². The second-order valence-corrected chi connectivity index (χ2v) is 6.11. The van der Waals surface area contributed by atoms with Crippen molar-refractivity contribution in [1.82, 2.24) is 10.2 Å². The summed E-state index contributed by atoms with van der Waals surface area (Å²) in [5.74, 6) is 3.22. The van der Waals surface area contributed by atoms with E-state index in [-0.39, 0.29) is 0 Å². The smallest absolute Gasteiger partial charge is 0.0438 e. The van der Waals surface area contributed by atoms with E-state index in [4.69, 9.17) is 5.11 Å². The first-order valence-electron chi connectivity index (χ1n) is 6.54. The standard InChI is InChI=1S/C12H24N2OS/c15-7-1-8-16-9-4-13-12-10-14-5-2-11(12)3-6-14/h11-13,15H,1-10H2. The molecule has 0 aliphatic carbocycles. The van der Waals surface area contributed by atoms with Crippen LogP contribution in [0.5, 0.6) is 0 Å². The molecule has 2 N–H and O–H groups in total. The zero-order valence-corrected chi connectivity index (χ0v) is 10.8. The van der Waals surface area contributed by atoms with Gasteiger partial charge in [-0.3, -0.25) is 0 Å². The molecule has 1 unspecified atom stereocenters. The molecule has 94 valence electrons. The maximum absolute atomic E-state index is 8.66. The van der Waals surface area contributed by atoms with Crippen LogP contribution >= 0.6 is 11.8 Å². The predicted molar refractivity (Wildman–Crippen MR) is 70.0 cm³/mol. The molecule has 16 heavy (non-hydrogen) atoms. The summed E-state index contributed by atoms with van der Waals surface area (Å²) in [5.41, 5.74) is 0. The summed E-state index contributed by atoms with van der Waals surface area (Å²) in [6.45, 7) is 5.39. The van der Waals surface area contributed by atoms with Crippen LogP contribution in [0.3, 0.4) is 0 Å². The molecule has 1 atom stereocenters. The Bertz CT molecular complexity index is 195. The number of nitrogens with zero attached hydrogens (tertiary/aromatic N) is 1. The van der Waals surface area contributed by atoms with Crippen LogP contribution in [0.2, 0.25) is 0 Å². The highest BCUT2D eigenvalue weighted by molar-refractivity contribution is 7.99. The minimum atomic E-state index is 0.333. The number of hydrogen-bond donors (Lipinski definition) is 2. The lowest BCUT2D eigenvalue weighted by atomic mass is 9.84. The fourth-order valence-electron chi connectivity index (χ4n) is 2.78. The van der Waals surface area contributed by atoms with Crippen molar-refractivity contribution < 1.29 is 5.11 Å². The van der Waals surface area contributed by atoms with Crippen molar-refractivity contribution in [2.75, 3.05) is 44.3 Å². The third-order valence-corrected chi connectivity index (χ3v) is 4.83. The Morgan fingerprint density at radius 3 is 2.69 bits per heavy atom. The predicted octanol–water partition coefficient (Wildman–Crippen LogP) is 0.786. The highest BCUT2D eigenvalue weighted by Crippen LogP contribution is 2.27. The van der Waals surface area contributed by atoms with Gasteiger partial charge in [0.15, 0.2) is 0 Å². The SMILES string of the molecule is OCCCSCCNC1CN2CCC1CC2. The molecule has 0 aromatic heterocycles. The van der Waals surface area contributed by atoms with Crippen molar-refractivity contribution in [3.05, 3.63) is 0 Å². The van der Waals surface area contributed by atoms with Gasteiger partial charge in [-0.15, -0.1) is 0 Å². The fraction of sp³-hybridized carbons (Fsp3) is 1.00. The van der Waals surface area contributed by atoms with Crippen LogP contribution in [0.4, 0.5) is 0 Å². The maximum atomic E-state index is 8.66. The molecule has 0 aromatic carbocycles. The Hall–Kier alpha value is 0.230. The zero-order chi connectivity index (χ0) is 11.2. The Kier molecular flexibility index (Phi) is 5.42. The van der Waals surface area contributed by atoms with Crippen molar-refractivity contribution in [3.8, 4) is 0 Å². The molecule has 3 saturated heterocycles. The van der Waals surface area contributed by atoms with Gasteiger partial charge in [-0.1, -0.05) is 0 Å². The molecule has 3 nitrogen and oxygen atoms in total. The van der Waals surface area contributed by atoms with Crippen LogP contribution in [0.25, 0.3) is 0 Å². The van der Waals surface area contributed by atoms with Crippen molar-refractivity contribution in [2.24, 2.45) is 5.92 Å². The first kappa shape index (κ1) is 12.7. The lowest BCUT2D eigenvalue weighted by molar-refractivity contribution is 0.0738. The lowest BCUT2D eigenvalue weighted by Crippen LogP contribution is -2.56. The van der Waals surface area contributed by atoms with Gasteiger partial charge in [0, 0.05) is 31.5 Å². The van der Waals surface area contributed by atoms with Crippen LogP contribution < -0.4 is 5.32 Å². The Morgan fingerprint density at radius 1 is 1.25 bits per heavy atom. The van der Waals surface area contributed by atoms with Gasteiger partial charge in [-0.25, -0.2) is 0 Å². The van der Waals surface area contributed by atoms with Gasteiger partial charge in [0.1, 0.15) is 0 Å². The summed E-state index contributed by atoms with van der Waals surface area (Å²) >= 11 is 1.95. The Balaban J connectivity index is 1.53. The number of nitrogens with one attached hydrogen (secondary N) is 1. The van der Waals surface area contributed by atoms with E-state index in [0.717, 1.165) is 30.7 Å². The van der Waals surface area contributed by atoms with Gasteiger partial charge < -0.3 is 15.3 Å². The topological polar surface area (TPSA) is 35.5 Å². The summed E-state index contributed by atoms with van der Waals surface area (Å²) in [6.07, 6.45) is 3.73. The molecule has 0 amide bonds. The maximum Gasteiger partial charge on any atom is 0.0438 e. The van der Waals surface area contributed by atoms with Gasteiger partial charge >= 0.3 is 0 Å². The van der Waals surface area contributed by atoms with Crippen molar-refractivity contribution in [2.45, 2.75) is 25.3 Å². The van der Waals surface area contributed by atoms with Crippen LogP contribution in [0.1, 0.15) is 19.3 Å². The zero-order valence-electron chi connectivity index (χ0n) is 10.0. The molecule has 3 aliphatic rings. The number of piperidine rings is 3. The molecule has 0 saturated carbocycles. The number of hydrogen-bond acceptors (Lipinski definition) is 4. The van der Waals surface area contributed by atoms with E-state index in [9.17, 15) is 0 Å². The largest absolute Gasteiger partial charge is 0.396 e. The molecule has 2 bridgehead atoms. The average Bonchev–Trinajstić information content (AvgIpc) is 2.35. The molecule has 3 aliphatic heterocycles. The quantitative estimate of drug-likeness (QED) is 0.649. The van der Waals surface area contributed by atoms with Crippen molar-refractivity contribution in [1.29, 1.82) is 0 Å². The average molecular weight is 244 g/mol. The summed E-state index contributed by atoms with van der Waals surface area (Å²) < 4.78 is 0. The van der Waals surface area contributed by atoms with Gasteiger partial charge in [0.05, 0.1) is 0 Å². The molecular formula is C12H24N2OS. The first-order valence-corrected chi connectivity index (χ1v) is 7.70. The summed E-state index contributed by atoms with van der Waals surface area (Å²) in [7, 11) is 0. The van der Waals surface area contributed by atoms with Crippen LogP contribution in [-0.2, 0) is 0 Å². The van der Waals surface area contributed by atoms with E-state index < -0.39 is 0 Å². The number of aliphatic hydroxyl groups is 1. The van der Waals surface area contributed by atoms with Gasteiger partial charge in [0.2, 0.25) is 0 Å². The van der Waals surface area contributed by atoms with Gasteiger partial charge in [-0.05, 0) is 44.0 Å². The molecule has 4 heteroatoms. The minimum absolute atomic E-state index is 0.333. The number of aliphatic hydroxyl groups excluding tert-OH is 1. The number of rotatable bonds is 7. The van der Waals surface area contributed by atoms with Gasteiger partial charge in [0.25, 0.3) is 0 Å². The molecular weight excluding hydrogens is 220 g/mol. The molecule has 0 aromatic rings. The van der Waals surface area contributed by atoms with E-state index in [2.05, 4.69) is 10.2 Å². The molecule has 3 rings (SSSR count). The second kappa shape index (κ2) is 6.84. The van der Waals surface area contributed by atoms with Crippen LogP contribution in [0.15, 0.2) is 0 Å². The van der Waals surface area contributed by atoms with Gasteiger partial charge in [-0.2, -0.15) is 11.8 Å². The molecule has 0 radical (unpaired) electrons. The first-order chi connectivity index (χ1) is 7.90. The highest BCUT2D eigenvalue weighted by Gasteiger charge is 2.33. The van der Waals surface area contributed by atoms with E-state index in [0.29, 0.717) is 6.61 Å². The highest BCUT2D eigenvalue weighted by atomic mass is 32.2. The number of thioether (sulfide) groups is 1. The summed E-state index contributed by atoms with van der Waals surface area (Å²) in [5, 5.41) is 12.4. The minimum Gasteiger partial charge on any atom is -0.396 e. The van der Waals surface area contributed by atoms with Crippen molar-refractivity contribution >= 4 is 11.8 Å². The Morgan fingerprint density at radius 2 is 2.06 bits per heavy atom. The van der Waals surface area contributed by atoms with E-state index in [1.807, 2.05) is 11.8 Å². The second-order valence-electron chi connectivity index (χ2n) is 4.89. The van der Waals surface area contributed by atoms with Crippen molar-refractivity contribution in [3.63, 3.8) is 0 Å². The summed E-state index contributed by atoms with van der Waals surface area (Å²) in [6, 6.07) is 0.751. The number of fused-ring (bicyclic) bond motifs is 3. The van der Waals surface area contributed by atoms with E-state index in [1.165, 1.54) is 38.2 Å². The Labute approximate surface area is 103 Å². The van der Waals surface area contributed by atoms with E-state index >= 15 is 0 Å². The molecule has 3 fully saturated rings.